The van der Waals surface area contributed by atoms with Crippen molar-refractivity contribution in [3.8, 4) is 0 Å². The highest BCUT2D eigenvalue weighted by Crippen LogP contribution is 2.45. The van der Waals surface area contributed by atoms with Crippen LogP contribution in [-0.2, 0) is 4.74 Å². The lowest BCUT2D eigenvalue weighted by Crippen LogP contribution is -2.67. The molecule has 1 atom stereocenters. The van der Waals surface area contributed by atoms with Gasteiger partial charge >= 0.3 is 6.09 Å². The molecular weight excluding hydrogens is 254 g/mol. The van der Waals surface area contributed by atoms with Crippen LogP contribution >= 0.6 is 0 Å². The monoisotopic (exact) mass is 276 g/mol. The van der Waals surface area contributed by atoms with Crippen molar-refractivity contribution in [2.24, 2.45) is 11.3 Å². The zero-order valence-electron chi connectivity index (χ0n) is 11.7. The average molecular weight is 276 g/mol. The summed E-state index contributed by atoms with van der Waals surface area (Å²) in [4.78, 5) is 13.4. The standard InChI is InChI=1S/C13H22F2N2O2/c1-12(2,3)19-11(18)17-7-13(8-17)4-5-16-6-9(13)10(14)15/h9-10,16H,4-8H2,1-3H3. The molecule has 0 radical (unpaired) electrons. The lowest BCUT2D eigenvalue weighted by atomic mass is 9.65. The van der Waals surface area contributed by atoms with Crippen LogP contribution in [0.5, 0.6) is 0 Å². The maximum Gasteiger partial charge on any atom is 0.410 e. The van der Waals surface area contributed by atoms with Crippen molar-refractivity contribution >= 4 is 6.09 Å². The second kappa shape index (κ2) is 4.89. The van der Waals surface area contributed by atoms with Crippen molar-refractivity contribution in [3.05, 3.63) is 0 Å². The summed E-state index contributed by atoms with van der Waals surface area (Å²) in [6.45, 7) is 7.25. The maximum atomic E-state index is 13.1. The molecule has 2 heterocycles. The van der Waals surface area contributed by atoms with E-state index in [1.165, 1.54) is 4.90 Å². The Morgan fingerprint density at radius 3 is 2.58 bits per heavy atom. The molecule has 19 heavy (non-hydrogen) atoms. The normalized spacial score (nSPS) is 26.4. The molecule has 110 valence electrons. The molecule has 2 aliphatic rings. The lowest BCUT2D eigenvalue weighted by Gasteiger charge is -2.55. The molecule has 0 aromatic carbocycles. The number of alkyl halides is 2. The Labute approximate surface area is 112 Å². The molecule has 0 aromatic heterocycles. The number of ether oxygens (including phenoxy) is 1. The van der Waals surface area contributed by atoms with Gasteiger partial charge in [-0.25, -0.2) is 13.6 Å². The molecule has 1 unspecified atom stereocenters. The Kier molecular flexibility index (Phi) is 3.73. The number of nitrogens with one attached hydrogen (secondary N) is 1. The fourth-order valence-electron chi connectivity index (χ4n) is 2.92. The van der Waals surface area contributed by atoms with E-state index in [1.807, 2.05) is 0 Å². The minimum Gasteiger partial charge on any atom is -0.444 e. The predicted molar refractivity (Wildman–Crippen MR) is 67.2 cm³/mol. The first-order valence-corrected chi connectivity index (χ1v) is 6.70. The summed E-state index contributed by atoms with van der Waals surface area (Å²) in [6, 6.07) is 0. The number of carbonyl (C=O) groups excluding carboxylic acids is 1. The molecule has 0 aromatic rings. The van der Waals surface area contributed by atoms with Crippen LogP contribution in [0.1, 0.15) is 27.2 Å². The van der Waals surface area contributed by atoms with Gasteiger partial charge in [0.1, 0.15) is 5.60 Å². The van der Waals surface area contributed by atoms with Gasteiger partial charge in [-0.15, -0.1) is 0 Å². The number of piperidine rings is 1. The summed E-state index contributed by atoms with van der Waals surface area (Å²) in [6.07, 6.45) is -2.04. The summed E-state index contributed by atoms with van der Waals surface area (Å²) in [5.41, 5.74) is -0.966. The topological polar surface area (TPSA) is 41.6 Å². The van der Waals surface area contributed by atoms with E-state index in [1.54, 1.807) is 20.8 Å². The maximum absolute atomic E-state index is 13.1. The quantitative estimate of drug-likeness (QED) is 0.797. The number of nitrogens with zero attached hydrogens (tertiary/aromatic N) is 1. The van der Waals surface area contributed by atoms with Crippen LogP contribution in [0.15, 0.2) is 0 Å². The van der Waals surface area contributed by atoms with Crippen LogP contribution in [0.3, 0.4) is 0 Å². The number of amides is 1. The largest absolute Gasteiger partial charge is 0.444 e. The Morgan fingerprint density at radius 2 is 2.05 bits per heavy atom. The fraction of sp³-hybridized carbons (Fsp3) is 0.923. The van der Waals surface area contributed by atoms with Crippen LogP contribution in [-0.4, -0.2) is 49.2 Å². The van der Waals surface area contributed by atoms with Gasteiger partial charge in [0.15, 0.2) is 0 Å². The van der Waals surface area contributed by atoms with Crippen molar-refractivity contribution in [1.29, 1.82) is 0 Å². The van der Waals surface area contributed by atoms with Crippen LogP contribution in [0.2, 0.25) is 0 Å². The molecule has 6 heteroatoms. The van der Waals surface area contributed by atoms with Crippen molar-refractivity contribution in [2.45, 2.75) is 39.2 Å². The number of halogens is 2. The van der Waals surface area contributed by atoms with E-state index in [9.17, 15) is 13.6 Å². The number of carbonyl (C=O) groups is 1. The van der Waals surface area contributed by atoms with Gasteiger partial charge in [-0.3, -0.25) is 0 Å². The molecule has 2 aliphatic heterocycles. The molecule has 2 saturated heterocycles. The van der Waals surface area contributed by atoms with Gasteiger partial charge in [0.05, 0.1) is 0 Å². The van der Waals surface area contributed by atoms with Crippen molar-refractivity contribution < 1.29 is 18.3 Å². The van der Waals surface area contributed by atoms with Gasteiger partial charge in [0, 0.05) is 31.0 Å². The molecular formula is C13H22F2N2O2. The van der Waals surface area contributed by atoms with E-state index in [0.717, 1.165) is 6.54 Å². The van der Waals surface area contributed by atoms with Crippen molar-refractivity contribution in [1.82, 2.24) is 10.2 Å². The van der Waals surface area contributed by atoms with Gasteiger partial charge in [-0.05, 0) is 33.7 Å². The third-order valence-electron chi connectivity index (χ3n) is 3.92. The molecule has 0 bridgehead atoms. The third kappa shape index (κ3) is 2.99. The summed E-state index contributed by atoms with van der Waals surface area (Å²) in [5.74, 6) is -0.667. The van der Waals surface area contributed by atoms with Crippen LogP contribution < -0.4 is 5.32 Å². The number of likely N-dealkylation sites (tertiary alicyclic amines) is 1. The zero-order valence-corrected chi connectivity index (χ0v) is 11.7. The molecule has 2 rings (SSSR count). The van der Waals surface area contributed by atoms with E-state index in [0.29, 0.717) is 26.1 Å². The minimum atomic E-state index is -2.34. The highest BCUT2D eigenvalue weighted by molar-refractivity contribution is 5.69. The predicted octanol–water partition coefficient (Wildman–Crippen LogP) is 2.10. The van der Waals surface area contributed by atoms with E-state index >= 15 is 0 Å². The van der Waals surface area contributed by atoms with Crippen LogP contribution in [0.4, 0.5) is 13.6 Å². The first kappa shape index (κ1) is 14.5. The number of hydrogen-bond acceptors (Lipinski definition) is 3. The average Bonchev–Trinajstić information content (AvgIpc) is 2.23. The Bertz CT molecular complexity index is 349. The van der Waals surface area contributed by atoms with Crippen molar-refractivity contribution in [2.75, 3.05) is 26.2 Å². The summed E-state index contributed by atoms with van der Waals surface area (Å²) >= 11 is 0. The van der Waals surface area contributed by atoms with Gasteiger partial charge in [0.2, 0.25) is 6.43 Å². The smallest absolute Gasteiger partial charge is 0.410 e. The first-order valence-electron chi connectivity index (χ1n) is 6.70. The summed E-state index contributed by atoms with van der Waals surface area (Å²) < 4.78 is 31.4. The van der Waals surface area contributed by atoms with Gasteiger partial charge in [-0.2, -0.15) is 0 Å². The van der Waals surface area contributed by atoms with E-state index in [2.05, 4.69) is 5.32 Å². The zero-order chi connectivity index (χ0) is 14.3. The lowest BCUT2D eigenvalue weighted by molar-refractivity contribution is -0.114. The third-order valence-corrected chi connectivity index (χ3v) is 3.92. The number of rotatable bonds is 1. The van der Waals surface area contributed by atoms with Crippen LogP contribution in [0.25, 0.3) is 0 Å². The summed E-state index contributed by atoms with van der Waals surface area (Å²) in [5, 5.41) is 3.01. The van der Waals surface area contributed by atoms with E-state index in [4.69, 9.17) is 4.74 Å². The Hall–Kier alpha value is -0.910. The molecule has 0 aliphatic carbocycles. The SMILES string of the molecule is CC(C)(C)OC(=O)N1CC2(CCNCC2C(F)F)C1. The molecule has 2 fully saturated rings. The van der Waals surface area contributed by atoms with E-state index in [-0.39, 0.29) is 0 Å². The van der Waals surface area contributed by atoms with Gasteiger partial charge in [0.25, 0.3) is 0 Å². The highest BCUT2D eigenvalue weighted by atomic mass is 19.3. The van der Waals surface area contributed by atoms with Crippen molar-refractivity contribution in [3.63, 3.8) is 0 Å². The van der Waals surface area contributed by atoms with Crippen LogP contribution in [0, 0.1) is 11.3 Å². The Morgan fingerprint density at radius 1 is 1.42 bits per heavy atom. The van der Waals surface area contributed by atoms with Gasteiger partial charge < -0.3 is 15.0 Å². The summed E-state index contributed by atoms with van der Waals surface area (Å²) in [7, 11) is 0. The van der Waals surface area contributed by atoms with E-state index < -0.39 is 29.5 Å². The molecule has 0 saturated carbocycles. The molecule has 4 nitrogen and oxygen atoms in total. The second-order valence-corrected chi connectivity index (χ2v) is 6.59. The number of hydrogen-bond donors (Lipinski definition) is 1. The Balaban J connectivity index is 1.94. The minimum absolute atomic E-state index is 0.333. The first-order chi connectivity index (χ1) is 8.73. The molecule has 1 spiro atoms. The van der Waals surface area contributed by atoms with Gasteiger partial charge in [-0.1, -0.05) is 0 Å². The fourth-order valence-corrected chi connectivity index (χ4v) is 2.92. The molecule has 1 N–H and O–H groups in total. The highest BCUT2D eigenvalue weighted by Gasteiger charge is 2.54. The molecule has 1 amide bonds. The second-order valence-electron chi connectivity index (χ2n) is 6.59.